The van der Waals surface area contributed by atoms with Crippen LogP contribution in [0.4, 0.5) is 5.69 Å². The number of rotatable bonds is 2. The first-order valence-corrected chi connectivity index (χ1v) is 4.86. The third kappa shape index (κ3) is 1.75. The van der Waals surface area contributed by atoms with Gasteiger partial charge in [-0.05, 0) is 6.92 Å². The molecule has 1 aromatic rings. The average molecular weight is 185 g/mol. The van der Waals surface area contributed by atoms with Gasteiger partial charge in [-0.1, -0.05) is 13.8 Å². The standard InChI is InChI=1S/C8H15N3S/c1-5(2)12-8-7(9)6(3)10-11(8)4/h5H,9H2,1-4H3. The van der Waals surface area contributed by atoms with Gasteiger partial charge in [-0.3, -0.25) is 4.68 Å². The summed E-state index contributed by atoms with van der Waals surface area (Å²) >= 11 is 1.75. The first-order chi connectivity index (χ1) is 5.52. The molecule has 0 saturated heterocycles. The van der Waals surface area contributed by atoms with Crippen molar-refractivity contribution in [2.45, 2.75) is 31.0 Å². The first-order valence-electron chi connectivity index (χ1n) is 3.98. The first kappa shape index (κ1) is 9.45. The number of nitrogens with two attached hydrogens (primary N) is 1. The van der Waals surface area contributed by atoms with Crippen LogP contribution in [0.25, 0.3) is 0 Å². The van der Waals surface area contributed by atoms with E-state index in [1.807, 2.05) is 18.7 Å². The molecule has 1 aromatic heterocycles. The van der Waals surface area contributed by atoms with Gasteiger partial charge >= 0.3 is 0 Å². The van der Waals surface area contributed by atoms with Crippen LogP contribution in [0.2, 0.25) is 0 Å². The summed E-state index contributed by atoms with van der Waals surface area (Å²) in [6.45, 7) is 6.22. The fourth-order valence-electron chi connectivity index (χ4n) is 1.02. The van der Waals surface area contributed by atoms with Crippen molar-refractivity contribution in [1.29, 1.82) is 0 Å². The van der Waals surface area contributed by atoms with Crippen LogP contribution in [0, 0.1) is 6.92 Å². The van der Waals surface area contributed by atoms with E-state index in [2.05, 4.69) is 18.9 Å². The van der Waals surface area contributed by atoms with Crippen LogP contribution in [0.5, 0.6) is 0 Å². The molecule has 0 atom stereocenters. The smallest absolute Gasteiger partial charge is 0.117 e. The van der Waals surface area contributed by atoms with Crippen LogP contribution < -0.4 is 5.73 Å². The number of nitrogen functional groups attached to an aromatic ring is 1. The van der Waals surface area contributed by atoms with E-state index in [0.717, 1.165) is 16.4 Å². The summed E-state index contributed by atoms with van der Waals surface area (Å²) in [4.78, 5) is 0. The highest BCUT2D eigenvalue weighted by molar-refractivity contribution is 8.00. The largest absolute Gasteiger partial charge is 0.395 e. The predicted octanol–water partition coefficient (Wildman–Crippen LogP) is 1.81. The van der Waals surface area contributed by atoms with E-state index in [-0.39, 0.29) is 0 Å². The normalized spacial score (nSPS) is 11.1. The van der Waals surface area contributed by atoms with Crippen molar-refractivity contribution in [3.05, 3.63) is 5.69 Å². The molecule has 0 unspecified atom stereocenters. The number of hydrogen-bond donors (Lipinski definition) is 1. The second kappa shape index (κ2) is 3.39. The highest BCUT2D eigenvalue weighted by Gasteiger charge is 2.11. The molecule has 68 valence electrons. The minimum Gasteiger partial charge on any atom is -0.395 e. The molecular weight excluding hydrogens is 170 g/mol. The Morgan fingerprint density at radius 2 is 2.08 bits per heavy atom. The van der Waals surface area contributed by atoms with E-state index >= 15 is 0 Å². The van der Waals surface area contributed by atoms with Gasteiger partial charge in [0.05, 0.1) is 11.4 Å². The summed E-state index contributed by atoms with van der Waals surface area (Å²) in [5, 5.41) is 5.85. The minimum atomic E-state index is 0.544. The van der Waals surface area contributed by atoms with Crippen molar-refractivity contribution < 1.29 is 0 Å². The third-order valence-electron chi connectivity index (χ3n) is 1.56. The van der Waals surface area contributed by atoms with Crippen molar-refractivity contribution in [1.82, 2.24) is 9.78 Å². The van der Waals surface area contributed by atoms with Crippen molar-refractivity contribution in [3.63, 3.8) is 0 Å². The Balaban J connectivity index is 2.97. The molecule has 12 heavy (non-hydrogen) atoms. The monoisotopic (exact) mass is 185 g/mol. The Morgan fingerprint density at radius 1 is 1.50 bits per heavy atom. The van der Waals surface area contributed by atoms with E-state index in [1.54, 1.807) is 11.8 Å². The molecule has 0 aliphatic heterocycles. The van der Waals surface area contributed by atoms with E-state index in [0.29, 0.717) is 5.25 Å². The van der Waals surface area contributed by atoms with Crippen molar-refractivity contribution in [2.75, 3.05) is 5.73 Å². The maximum absolute atomic E-state index is 5.85. The van der Waals surface area contributed by atoms with Gasteiger partial charge in [0, 0.05) is 12.3 Å². The van der Waals surface area contributed by atoms with Crippen LogP contribution in [0.3, 0.4) is 0 Å². The second-order valence-corrected chi connectivity index (χ2v) is 4.66. The maximum Gasteiger partial charge on any atom is 0.117 e. The van der Waals surface area contributed by atoms with Crippen molar-refractivity contribution in [2.24, 2.45) is 7.05 Å². The lowest BCUT2D eigenvalue weighted by molar-refractivity contribution is 0.692. The lowest BCUT2D eigenvalue weighted by Gasteiger charge is -2.05. The summed E-state index contributed by atoms with van der Waals surface area (Å²) in [6.07, 6.45) is 0. The van der Waals surface area contributed by atoms with E-state index < -0.39 is 0 Å². The fourth-order valence-corrected chi connectivity index (χ4v) is 1.93. The maximum atomic E-state index is 5.85. The Hall–Kier alpha value is -0.640. The second-order valence-electron chi connectivity index (χ2n) is 3.09. The van der Waals surface area contributed by atoms with E-state index in [1.165, 1.54) is 0 Å². The van der Waals surface area contributed by atoms with Gasteiger partial charge in [-0.25, -0.2) is 0 Å². The summed E-state index contributed by atoms with van der Waals surface area (Å²) in [7, 11) is 1.92. The molecule has 0 bridgehead atoms. The van der Waals surface area contributed by atoms with Crippen LogP contribution in [0.15, 0.2) is 5.03 Å². The predicted molar refractivity (Wildman–Crippen MR) is 53.4 cm³/mol. The summed E-state index contributed by atoms with van der Waals surface area (Å²) in [6, 6.07) is 0. The number of hydrogen-bond acceptors (Lipinski definition) is 3. The van der Waals surface area contributed by atoms with Gasteiger partial charge < -0.3 is 5.73 Å². The van der Waals surface area contributed by atoms with Crippen molar-refractivity contribution in [3.8, 4) is 0 Å². The molecule has 2 N–H and O–H groups in total. The molecule has 1 rings (SSSR count). The van der Waals surface area contributed by atoms with Gasteiger partial charge in [0.25, 0.3) is 0 Å². The molecule has 0 amide bonds. The highest BCUT2D eigenvalue weighted by atomic mass is 32.2. The fraction of sp³-hybridized carbons (Fsp3) is 0.625. The molecule has 0 aliphatic carbocycles. The topological polar surface area (TPSA) is 43.8 Å². The minimum absolute atomic E-state index is 0.544. The molecule has 0 saturated carbocycles. The molecule has 0 aliphatic rings. The van der Waals surface area contributed by atoms with Crippen LogP contribution in [-0.4, -0.2) is 15.0 Å². The summed E-state index contributed by atoms with van der Waals surface area (Å²) < 4.78 is 1.84. The summed E-state index contributed by atoms with van der Waals surface area (Å²) in [5.41, 5.74) is 7.58. The van der Waals surface area contributed by atoms with Crippen LogP contribution in [0.1, 0.15) is 19.5 Å². The van der Waals surface area contributed by atoms with Gasteiger partial charge in [0.1, 0.15) is 5.03 Å². The van der Waals surface area contributed by atoms with E-state index in [4.69, 9.17) is 5.73 Å². The molecule has 0 spiro atoms. The molecule has 0 aromatic carbocycles. The van der Waals surface area contributed by atoms with Gasteiger partial charge in [-0.2, -0.15) is 5.10 Å². The van der Waals surface area contributed by atoms with Gasteiger partial charge in [0.15, 0.2) is 0 Å². The molecular formula is C8H15N3S. The number of thioether (sulfide) groups is 1. The van der Waals surface area contributed by atoms with Gasteiger partial charge in [0.2, 0.25) is 0 Å². The molecule has 3 nitrogen and oxygen atoms in total. The number of aromatic nitrogens is 2. The Bertz CT molecular complexity index is 278. The SMILES string of the molecule is Cc1nn(C)c(SC(C)C)c1N. The van der Waals surface area contributed by atoms with Crippen LogP contribution in [-0.2, 0) is 7.05 Å². The zero-order chi connectivity index (χ0) is 9.30. The molecule has 4 heteroatoms. The van der Waals surface area contributed by atoms with Gasteiger partial charge in [-0.15, -0.1) is 11.8 Å². The lowest BCUT2D eigenvalue weighted by atomic mass is 10.4. The Labute approximate surface area is 77.3 Å². The average Bonchev–Trinajstić information content (AvgIpc) is 2.16. The Morgan fingerprint density at radius 3 is 2.42 bits per heavy atom. The Kier molecular flexibility index (Phi) is 2.67. The number of nitrogens with zero attached hydrogens (tertiary/aromatic N) is 2. The lowest BCUT2D eigenvalue weighted by Crippen LogP contribution is -1.97. The zero-order valence-corrected chi connectivity index (χ0v) is 8.77. The summed E-state index contributed by atoms with van der Waals surface area (Å²) in [5.74, 6) is 0. The number of anilines is 1. The third-order valence-corrected chi connectivity index (χ3v) is 2.74. The molecule has 0 fully saturated rings. The highest BCUT2D eigenvalue weighted by Crippen LogP contribution is 2.29. The molecule has 0 radical (unpaired) electrons. The molecule has 1 heterocycles. The zero-order valence-electron chi connectivity index (χ0n) is 7.96. The van der Waals surface area contributed by atoms with E-state index in [9.17, 15) is 0 Å². The van der Waals surface area contributed by atoms with Crippen LogP contribution >= 0.6 is 11.8 Å². The number of aryl methyl sites for hydroxylation is 2. The quantitative estimate of drug-likeness (QED) is 0.715. The van der Waals surface area contributed by atoms with Crippen molar-refractivity contribution >= 4 is 17.4 Å².